The number of hydrogen-bond donors (Lipinski definition) is 3. The van der Waals surface area contributed by atoms with Gasteiger partial charge in [-0.05, 0) is 12.3 Å². The number of nitrogens with one attached hydrogen (secondary N) is 1. The molecule has 1 aliphatic rings. The molecule has 0 bridgehead atoms. The highest BCUT2D eigenvalue weighted by Gasteiger charge is 2.32. The summed E-state index contributed by atoms with van der Waals surface area (Å²) in [4.78, 5) is 35.2. The van der Waals surface area contributed by atoms with Gasteiger partial charge in [0.2, 0.25) is 5.91 Å². The quantitative estimate of drug-likeness (QED) is 0.636. The Kier molecular flexibility index (Phi) is 4.52. The van der Waals surface area contributed by atoms with E-state index in [0.717, 1.165) is 0 Å². The van der Waals surface area contributed by atoms with Crippen LogP contribution in [-0.2, 0) is 9.59 Å². The van der Waals surface area contributed by atoms with Crippen LogP contribution in [-0.4, -0.2) is 47.0 Å². The zero-order valence-electron chi connectivity index (χ0n) is 10.5. The van der Waals surface area contributed by atoms with Crippen LogP contribution in [0.2, 0.25) is 0 Å². The lowest BCUT2D eigenvalue weighted by atomic mass is 10.1. The number of likely N-dealkylation sites (tertiary alicyclic amines) is 1. The number of carboxylic acids is 1. The fraction of sp³-hybridized carbons (Fsp3) is 0.727. The summed E-state index contributed by atoms with van der Waals surface area (Å²) in [7, 11) is 0. The normalized spacial score (nSPS) is 20.8. The average molecular weight is 257 g/mol. The molecule has 4 N–H and O–H groups in total. The van der Waals surface area contributed by atoms with E-state index in [1.54, 1.807) is 13.8 Å². The molecular formula is C11H19N3O4. The topological polar surface area (TPSA) is 113 Å². The van der Waals surface area contributed by atoms with Crippen molar-refractivity contribution in [2.24, 2.45) is 17.6 Å². The highest BCUT2D eigenvalue weighted by Crippen LogP contribution is 2.16. The predicted octanol–water partition coefficient (Wildman–Crippen LogP) is -0.388. The second-order valence-corrected chi connectivity index (χ2v) is 4.84. The van der Waals surface area contributed by atoms with Gasteiger partial charge < -0.3 is 21.1 Å². The maximum atomic E-state index is 11.8. The van der Waals surface area contributed by atoms with Crippen LogP contribution < -0.4 is 11.1 Å². The van der Waals surface area contributed by atoms with Gasteiger partial charge in [0.25, 0.3) is 0 Å². The van der Waals surface area contributed by atoms with Crippen LogP contribution in [0.15, 0.2) is 0 Å². The number of nitrogens with two attached hydrogens (primary N) is 1. The molecule has 7 nitrogen and oxygen atoms in total. The number of carbonyl (C=O) groups is 3. The second-order valence-electron chi connectivity index (χ2n) is 4.84. The van der Waals surface area contributed by atoms with Crippen molar-refractivity contribution in [2.75, 3.05) is 13.1 Å². The number of urea groups is 1. The van der Waals surface area contributed by atoms with E-state index in [1.807, 2.05) is 0 Å². The van der Waals surface area contributed by atoms with Crippen molar-refractivity contribution < 1.29 is 19.5 Å². The third-order valence-corrected chi connectivity index (χ3v) is 3.09. The summed E-state index contributed by atoms with van der Waals surface area (Å²) in [5.41, 5.74) is 5.17. The van der Waals surface area contributed by atoms with Gasteiger partial charge in [-0.3, -0.25) is 4.79 Å². The highest BCUT2D eigenvalue weighted by molar-refractivity contribution is 5.84. The van der Waals surface area contributed by atoms with Crippen molar-refractivity contribution in [2.45, 2.75) is 26.3 Å². The molecule has 0 aromatic heterocycles. The van der Waals surface area contributed by atoms with Crippen LogP contribution in [0.1, 0.15) is 20.3 Å². The molecule has 0 aliphatic carbocycles. The Morgan fingerprint density at radius 3 is 2.39 bits per heavy atom. The highest BCUT2D eigenvalue weighted by atomic mass is 16.4. The number of nitrogens with zero attached hydrogens (tertiary/aromatic N) is 1. The maximum absolute atomic E-state index is 11.8. The van der Waals surface area contributed by atoms with Crippen LogP contribution in [0.4, 0.5) is 4.79 Å². The van der Waals surface area contributed by atoms with Gasteiger partial charge >= 0.3 is 12.0 Å². The van der Waals surface area contributed by atoms with Crippen molar-refractivity contribution >= 4 is 17.9 Å². The number of carbonyl (C=O) groups excluding carboxylic acids is 2. The summed E-state index contributed by atoms with van der Waals surface area (Å²) >= 11 is 0. The minimum absolute atomic E-state index is 0.207. The Labute approximate surface area is 105 Å². The molecule has 2 atom stereocenters. The van der Waals surface area contributed by atoms with Gasteiger partial charge in [-0.2, -0.15) is 0 Å². The molecule has 7 heteroatoms. The van der Waals surface area contributed by atoms with Gasteiger partial charge in [-0.1, -0.05) is 13.8 Å². The Hall–Kier alpha value is -1.79. The number of amides is 3. The molecule has 0 saturated carbocycles. The molecule has 0 radical (unpaired) electrons. The molecule has 1 saturated heterocycles. The molecule has 1 fully saturated rings. The zero-order valence-corrected chi connectivity index (χ0v) is 10.5. The second kappa shape index (κ2) is 5.70. The molecule has 3 amide bonds. The fourth-order valence-electron chi connectivity index (χ4n) is 1.91. The SMILES string of the molecule is CC(C)[C@H](NC(=O)N1CCC(C(N)=O)C1)C(=O)O. The van der Waals surface area contributed by atoms with E-state index in [1.165, 1.54) is 4.90 Å². The summed E-state index contributed by atoms with van der Waals surface area (Å²) in [5, 5.41) is 11.4. The Morgan fingerprint density at radius 1 is 1.39 bits per heavy atom. The van der Waals surface area contributed by atoms with E-state index in [0.29, 0.717) is 13.0 Å². The van der Waals surface area contributed by atoms with Crippen LogP contribution >= 0.6 is 0 Å². The van der Waals surface area contributed by atoms with Gasteiger partial charge in [0.1, 0.15) is 6.04 Å². The summed E-state index contributed by atoms with van der Waals surface area (Å²) in [6, 6.07) is -1.38. The van der Waals surface area contributed by atoms with Crippen molar-refractivity contribution in [3.63, 3.8) is 0 Å². The molecule has 0 aromatic rings. The Balaban J connectivity index is 2.56. The molecule has 1 rings (SSSR count). The minimum Gasteiger partial charge on any atom is -0.480 e. The third-order valence-electron chi connectivity index (χ3n) is 3.09. The van der Waals surface area contributed by atoms with Crippen molar-refractivity contribution in [1.29, 1.82) is 0 Å². The van der Waals surface area contributed by atoms with Crippen LogP contribution in [0.5, 0.6) is 0 Å². The van der Waals surface area contributed by atoms with Crippen LogP contribution in [0.25, 0.3) is 0 Å². The van der Waals surface area contributed by atoms with Crippen molar-refractivity contribution in [1.82, 2.24) is 10.2 Å². The predicted molar refractivity (Wildman–Crippen MR) is 63.7 cm³/mol. The molecule has 0 spiro atoms. The zero-order chi connectivity index (χ0) is 13.9. The largest absolute Gasteiger partial charge is 0.480 e. The molecule has 18 heavy (non-hydrogen) atoms. The standard InChI is InChI=1S/C11H19N3O4/c1-6(2)8(10(16)17)13-11(18)14-4-3-7(5-14)9(12)15/h6-8H,3-5H2,1-2H3,(H2,12,15)(H,13,18)(H,16,17)/t7?,8-/m0/s1. The number of carboxylic acid groups (broad SMARTS) is 1. The first-order valence-electron chi connectivity index (χ1n) is 5.90. The van der Waals surface area contributed by atoms with Crippen LogP contribution in [0.3, 0.4) is 0 Å². The van der Waals surface area contributed by atoms with Crippen LogP contribution in [0, 0.1) is 11.8 Å². The van der Waals surface area contributed by atoms with E-state index in [4.69, 9.17) is 10.8 Å². The lowest BCUT2D eigenvalue weighted by Crippen LogP contribution is -2.49. The summed E-state index contributed by atoms with van der Waals surface area (Å²) in [6.07, 6.45) is 0.530. The average Bonchev–Trinajstić information content (AvgIpc) is 2.73. The van der Waals surface area contributed by atoms with Crippen molar-refractivity contribution in [3.8, 4) is 0 Å². The number of hydrogen-bond acceptors (Lipinski definition) is 3. The van der Waals surface area contributed by atoms with Gasteiger partial charge in [0.15, 0.2) is 0 Å². The smallest absolute Gasteiger partial charge is 0.326 e. The number of aliphatic carboxylic acids is 1. The number of primary amides is 1. The van der Waals surface area contributed by atoms with Gasteiger partial charge in [-0.15, -0.1) is 0 Å². The first-order chi connectivity index (χ1) is 8.32. The Morgan fingerprint density at radius 2 is 2.00 bits per heavy atom. The molecule has 1 aliphatic heterocycles. The lowest BCUT2D eigenvalue weighted by Gasteiger charge is -2.22. The summed E-state index contributed by atoms with van der Waals surface area (Å²) in [5.74, 6) is -2.04. The van der Waals surface area contributed by atoms with E-state index < -0.39 is 23.9 Å². The first kappa shape index (κ1) is 14.3. The summed E-state index contributed by atoms with van der Waals surface area (Å²) < 4.78 is 0. The fourth-order valence-corrected chi connectivity index (χ4v) is 1.91. The molecule has 1 unspecified atom stereocenters. The monoisotopic (exact) mass is 257 g/mol. The van der Waals surface area contributed by atoms with E-state index in [2.05, 4.69) is 5.32 Å². The lowest BCUT2D eigenvalue weighted by molar-refractivity contribution is -0.140. The summed E-state index contributed by atoms with van der Waals surface area (Å²) in [6.45, 7) is 4.11. The van der Waals surface area contributed by atoms with Gasteiger partial charge in [0, 0.05) is 13.1 Å². The van der Waals surface area contributed by atoms with E-state index >= 15 is 0 Å². The molecular weight excluding hydrogens is 238 g/mol. The minimum atomic E-state index is -1.07. The van der Waals surface area contributed by atoms with Gasteiger partial charge in [0.05, 0.1) is 5.92 Å². The molecule has 102 valence electrons. The third kappa shape index (κ3) is 3.35. The van der Waals surface area contributed by atoms with Gasteiger partial charge in [-0.25, -0.2) is 9.59 Å². The molecule has 0 aromatic carbocycles. The van der Waals surface area contributed by atoms with Crippen molar-refractivity contribution in [3.05, 3.63) is 0 Å². The van der Waals surface area contributed by atoms with E-state index in [9.17, 15) is 14.4 Å². The Bertz CT molecular complexity index is 356. The first-order valence-corrected chi connectivity index (χ1v) is 5.90. The van der Waals surface area contributed by atoms with E-state index in [-0.39, 0.29) is 18.4 Å². The number of rotatable bonds is 4. The maximum Gasteiger partial charge on any atom is 0.326 e. The molecule has 1 heterocycles.